The Hall–Kier alpha value is -1.30. The molecule has 1 aliphatic rings. The number of carbonyl (C=O) groups excluding carboxylic acids is 1. The van der Waals surface area contributed by atoms with Crippen LogP contribution in [0.4, 0.5) is 4.79 Å². The predicted molar refractivity (Wildman–Crippen MR) is 82.4 cm³/mol. The molecular formula is C15H29N3O3. The summed E-state index contributed by atoms with van der Waals surface area (Å²) in [5.41, 5.74) is 0. The molecule has 1 unspecified atom stereocenters. The molecule has 122 valence electrons. The molecule has 0 saturated carbocycles. The van der Waals surface area contributed by atoms with E-state index in [0.717, 1.165) is 51.6 Å². The monoisotopic (exact) mass is 299 g/mol. The molecule has 0 aromatic rings. The Kier molecular flexibility index (Phi) is 8.12. The van der Waals surface area contributed by atoms with Crippen LogP contribution in [0, 0.1) is 0 Å². The second-order valence-corrected chi connectivity index (χ2v) is 6.00. The Bertz CT molecular complexity index is 334. The number of unbranched alkanes of at least 4 members (excludes halogenated alkanes) is 3. The Balaban J connectivity index is 2.09. The minimum absolute atomic E-state index is 0.0343. The van der Waals surface area contributed by atoms with Crippen LogP contribution in [-0.2, 0) is 4.79 Å². The Morgan fingerprint density at radius 2 is 1.95 bits per heavy atom. The molecule has 0 spiro atoms. The number of carboxylic acids is 1. The number of likely N-dealkylation sites (tertiary alicyclic amines) is 1. The normalized spacial score (nSPS) is 18.8. The lowest BCUT2D eigenvalue weighted by molar-refractivity contribution is -0.137. The summed E-state index contributed by atoms with van der Waals surface area (Å²) < 4.78 is 0. The van der Waals surface area contributed by atoms with Gasteiger partial charge in [0.05, 0.1) is 0 Å². The molecule has 1 rings (SSSR count). The van der Waals surface area contributed by atoms with Crippen molar-refractivity contribution >= 4 is 12.0 Å². The molecular weight excluding hydrogens is 270 g/mol. The van der Waals surface area contributed by atoms with E-state index in [2.05, 4.69) is 24.3 Å². The number of rotatable bonds is 8. The largest absolute Gasteiger partial charge is 0.481 e. The van der Waals surface area contributed by atoms with Gasteiger partial charge in [-0.15, -0.1) is 0 Å². The smallest absolute Gasteiger partial charge is 0.317 e. The highest BCUT2D eigenvalue weighted by molar-refractivity contribution is 5.74. The zero-order valence-corrected chi connectivity index (χ0v) is 13.3. The lowest BCUT2D eigenvalue weighted by Gasteiger charge is -2.36. The molecule has 1 aliphatic heterocycles. The number of carbonyl (C=O) groups is 2. The number of carboxylic acid groups (broad SMARTS) is 1. The summed E-state index contributed by atoms with van der Waals surface area (Å²) in [4.78, 5) is 26.5. The van der Waals surface area contributed by atoms with Crippen molar-refractivity contribution in [1.82, 2.24) is 15.1 Å². The van der Waals surface area contributed by atoms with Gasteiger partial charge < -0.3 is 20.2 Å². The van der Waals surface area contributed by atoms with Crippen LogP contribution in [0.25, 0.3) is 0 Å². The molecule has 0 aromatic heterocycles. The lowest BCUT2D eigenvalue weighted by Crippen LogP contribution is -2.50. The Morgan fingerprint density at radius 1 is 1.24 bits per heavy atom. The van der Waals surface area contributed by atoms with E-state index in [1.165, 1.54) is 0 Å². The van der Waals surface area contributed by atoms with E-state index in [1.807, 2.05) is 4.90 Å². The first-order chi connectivity index (χ1) is 10.0. The molecule has 0 bridgehead atoms. The molecule has 1 saturated heterocycles. The molecule has 0 aromatic carbocycles. The van der Waals surface area contributed by atoms with Crippen molar-refractivity contribution in [3.05, 3.63) is 0 Å². The molecule has 6 heteroatoms. The Labute approximate surface area is 127 Å². The highest BCUT2D eigenvalue weighted by atomic mass is 16.4. The standard InChI is InChI=1S/C15H29N3O3/c1-17(2)13-8-7-11-18(12-13)15(21)16-10-6-4-3-5-9-14(19)20/h13H,3-12H2,1-2H3,(H,16,21)(H,19,20). The highest BCUT2D eigenvalue weighted by Crippen LogP contribution is 2.13. The van der Waals surface area contributed by atoms with Crippen molar-refractivity contribution in [3.8, 4) is 0 Å². The number of amides is 2. The lowest BCUT2D eigenvalue weighted by atomic mass is 10.1. The van der Waals surface area contributed by atoms with Crippen LogP contribution in [0.2, 0.25) is 0 Å². The second-order valence-electron chi connectivity index (χ2n) is 6.00. The van der Waals surface area contributed by atoms with Gasteiger partial charge in [-0.05, 0) is 39.8 Å². The van der Waals surface area contributed by atoms with Gasteiger partial charge in [-0.2, -0.15) is 0 Å². The van der Waals surface area contributed by atoms with Crippen LogP contribution >= 0.6 is 0 Å². The SMILES string of the molecule is CN(C)C1CCCN(C(=O)NCCCCCCC(=O)O)C1. The summed E-state index contributed by atoms with van der Waals surface area (Å²) in [6.45, 7) is 2.32. The van der Waals surface area contributed by atoms with Gasteiger partial charge in [0.25, 0.3) is 0 Å². The van der Waals surface area contributed by atoms with Crippen molar-refractivity contribution in [2.45, 2.75) is 51.0 Å². The van der Waals surface area contributed by atoms with E-state index in [-0.39, 0.29) is 12.5 Å². The summed E-state index contributed by atoms with van der Waals surface area (Å²) in [6, 6.07) is 0.493. The molecule has 0 radical (unpaired) electrons. The van der Waals surface area contributed by atoms with Crippen LogP contribution in [0.15, 0.2) is 0 Å². The Morgan fingerprint density at radius 3 is 2.62 bits per heavy atom. The van der Waals surface area contributed by atoms with Crippen molar-refractivity contribution in [1.29, 1.82) is 0 Å². The molecule has 6 nitrogen and oxygen atoms in total. The molecule has 2 N–H and O–H groups in total. The fourth-order valence-electron chi connectivity index (χ4n) is 2.62. The third-order valence-corrected chi connectivity index (χ3v) is 4.01. The van der Waals surface area contributed by atoms with E-state index in [4.69, 9.17) is 5.11 Å². The average Bonchev–Trinajstić information content (AvgIpc) is 2.45. The van der Waals surface area contributed by atoms with Gasteiger partial charge in [-0.3, -0.25) is 4.79 Å². The van der Waals surface area contributed by atoms with Crippen LogP contribution in [0.3, 0.4) is 0 Å². The van der Waals surface area contributed by atoms with Gasteiger partial charge >= 0.3 is 12.0 Å². The van der Waals surface area contributed by atoms with Gasteiger partial charge in [0.15, 0.2) is 0 Å². The van der Waals surface area contributed by atoms with E-state index in [0.29, 0.717) is 12.6 Å². The van der Waals surface area contributed by atoms with E-state index in [9.17, 15) is 9.59 Å². The number of nitrogens with one attached hydrogen (secondary N) is 1. The molecule has 0 aliphatic carbocycles. The summed E-state index contributed by atoms with van der Waals surface area (Å²) in [5, 5.41) is 11.5. The second kappa shape index (κ2) is 9.60. The average molecular weight is 299 g/mol. The third kappa shape index (κ3) is 7.32. The van der Waals surface area contributed by atoms with Gasteiger partial charge in [-0.1, -0.05) is 12.8 Å². The minimum atomic E-state index is -0.733. The molecule has 1 heterocycles. The van der Waals surface area contributed by atoms with E-state index in [1.54, 1.807) is 0 Å². The maximum atomic E-state index is 12.1. The summed E-state index contributed by atoms with van der Waals surface area (Å²) in [5.74, 6) is -0.733. The third-order valence-electron chi connectivity index (χ3n) is 4.01. The van der Waals surface area contributed by atoms with Gasteiger partial charge in [0, 0.05) is 32.1 Å². The van der Waals surface area contributed by atoms with Crippen LogP contribution < -0.4 is 5.32 Å². The van der Waals surface area contributed by atoms with Crippen LogP contribution in [0.5, 0.6) is 0 Å². The topological polar surface area (TPSA) is 72.9 Å². The first-order valence-corrected chi connectivity index (χ1v) is 7.91. The molecule has 1 atom stereocenters. The zero-order valence-electron chi connectivity index (χ0n) is 13.3. The number of piperidine rings is 1. The predicted octanol–water partition coefficient (Wildman–Crippen LogP) is 1.76. The molecule has 21 heavy (non-hydrogen) atoms. The van der Waals surface area contributed by atoms with Gasteiger partial charge in [0.1, 0.15) is 0 Å². The number of aliphatic carboxylic acids is 1. The quantitative estimate of drug-likeness (QED) is 0.670. The number of likely N-dealkylation sites (N-methyl/N-ethyl adjacent to an activating group) is 1. The maximum absolute atomic E-state index is 12.1. The maximum Gasteiger partial charge on any atom is 0.317 e. The van der Waals surface area contributed by atoms with Crippen LogP contribution in [-0.4, -0.2) is 66.7 Å². The first kappa shape index (κ1) is 17.8. The van der Waals surface area contributed by atoms with Crippen molar-refractivity contribution < 1.29 is 14.7 Å². The first-order valence-electron chi connectivity index (χ1n) is 7.91. The number of hydrogen-bond donors (Lipinski definition) is 2. The number of urea groups is 1. The highest BCUT2D eigenvalue weighted by Gasteiger charge is 2.24. The zero-order chi connectivity index (χ0) is 15.7. The number of hydrogen-bond acceptors (Lipinski definition) is 3. The summed E-state index contributed by atoms with van der Waals surface area (Å²) in [6.07, 6.45) is 5.97. The fourth-order valence-corrected chi connectivity index (χ4v) is 2.62. The molecule has 1 fully saturated rings. The van der Waals surface area contributed by atoms with E-state index < -0.39 is 5.97 Å². The van der Waals surface area contributed by atoms with E-state index >= 15 is 0 Å². The summed E-state index contributed by atoms with van der Waals surface area (Å²) in [7, 11) is 4.12. The van der Waals surface area contributed by atoms with Crippen molar-refractivity contribution in [2.75, 3.05) is 33.7 Å². The van der Waals surface area contributed by atoms with Crippen molar-refractivity contribution in [3.63, 3.8) is 0 Å². The molecule has 2 amide bonds. The number of nitrogens with zero attached hydrogens (tertiary/aromatic N) is 2. The summed E-state index contributed by atoms with van der Waals surface area (Å²) >= 11 is 0. The minimum Gasteiger partial charge on any atom is -0.481 e. The van der Waals surface area contributed by atoms with Crippen molar-refractivity contribution in [2.24, 2.45) is 0 Å². The fraction of sp³-hybridized carbons (Fsp3) is 0.867. The van der Waals surface area contributed by atoms with Crippen LogP contribution in [0.1, 0.15) is 44.9 Å². The van der Waals surface area contributed by atoms with Gasteiger partial charge in [-0.25, -0.2) is 4.79 Å². The van der Waals surface area contributed by atoms with Gasteiger partial charge in [0.2, 0.25) is 0 Å².